The number of amides is 1. The van der Waals surface area contributed by atoms with Crippen molar-refractivity contribution >= 4 is 11.6 Å². The maximum atomic E-state index is 11.5. The second-order valence-corrected chi connectivity index (χ2v) is 4.44. The molecule has 1 aromatic rings. The zero-order valence-electron chi connectivity index (χ0n) is 10.1. The number of aromatic nitrogens is 2. The van der Waals surface area contributed by atoms with Crippen LogP contribution in [0.15, 0.2) is 24.0 Å². The lowest BCUT2D eigenvalue weighted by Gasteiger charge is -2.06. The highest BCUT2D eigenvalue weighted by atomic mass is 16.5. The molecule has 1 aliphatic heterocycles. The SMILES string of the molecule is CC(C)=CC(=O)Nc1cnn([C@H]2CCOC2)c1. The van der Waals surface area contributed by atoms with E-state index in [1.807, 2.05) is 24.7 Å². The second kappa shape index (κ2) is 5.14. The number of anilines is 1. The van der Waals surface area contributed by atoms with Gasteiger partial charge in [-0.1, -0.05) is 5.57 Å². The Morgan fingerprint density at radius 3 is 3.12 bits per heavy atom. The predicted molar refractivity (Wildman–Crippen MR) is 64.8 cm³/mol. The Bertz CT molecular complexity index is 427. The van der Waals surface area contributed by atoms with Crippen LogP contribution in [-0.2, 0) is 9.53 Å². The van der Waals surface area contributed by atoms with Gasteiger partial charge in [0.2, 0.25) is 5.91 Å². The van der Waals surface area contributed by atoms with Gasteiger partial charge in [-0.2, -0.15) is 5.10 Å². The highest BCUT2D eigenvalue weighted by Gasteiger charge is 2.18. The van der Waals surface area contributed by atoms with E-state index in [2.05, 4.69) is 10.4 Å². The third-order valence-electron chi connectivity index (χ3n) is 2.57. The Morgan fingerprint density at radius 2 is 2.47 bits per heavy atom. The van der Waals surface area contributed by atoms with Crippen molar-refractivity contribution in [2.45, 2.75) is 26.3 Å². The summed E-state index contributed by atoms with van der Waals surface area (Å²) in [6, 6.07) is 0.295. The van der Waals surface area contributed by atoms with Gasteiger partial charge in [-0.15, -0.1) is 0 Å². The first-order valence-electron chi connectivity index (χ1n) is 5.73. The van der Waals surface area contributed by atoms with Gasteiger partial charge in [0, 0.05) is 18.9 Å². The summed E-state index contributed by atoms with van der Waals surface area (Å²) in [5, 5.41) is 7.01. The van der Waals surface area contributed by atoms with Crippen molar-refractivity contribution in [3.05, 3.63) is 24.0 Å². The topological polar surface area (TPSA) is 56.2 Å². The summed E-state index contributed by atoms with van der Waals surface area (Å²) in [5.41, 5.74) is 1.69. The van der Waals surface area contributed by atoms with Crippen molar-refractivity contribution < 1.29 is 9.53 Å². The largest absolute Gasteiger partial charge is 0.379 e. The summed E-state index contributed by atoms with van der Waals surface area (Å²) in [6.07, 6.45) is 6.05. The summed E-state index contributed by atoms with van der Waals surface area (Å²) < 4.78 is 7.15. The molecular formula is C12H17N3O2. The Kier molecular flexibility index (Phi) is 3.58. The first-order chi connectivity index (χ1) is 8.15. The van der Waals surface area contributed by atoms with Crippen molar-refractivity contribution in [2.24, 2.45) is 0 Å². The zero-order valence-corrected chi connectivity index (χ0v) is 10.1. The van der Waals surface area contributed by atoms with Crippen LogP contribution in [0.1, 0.15) is 26.3 Å². The summed E-state index contributed by atoms with van der Waals surface area (Å²) >= 11 is 0. The molecule has 1 N–H and O–H groups in total. The average molecular weight is 235 g/mol. The monoisotopic (exact) mass is 235 g/mol. The number of hydrogen-bond acceptors (Lipinski definition) is 3. The van der Waals surface area contributed by atoms with Gasteiger partial charge in [-0.25, -0.2) is 0 Å². The van der Waals surface area contributed by atoms with Crippen LogP contribution in [0.25, 0.3) is 0 Å². The molecule has 5 nitrogen and oxygen atoms in total. The molecule has 1 amide bonds. The van der Waals surface area contributed by atoms with Gasteiger partial charge in [0.1, 0.15) is 0 Å². The Hall–Kier alpha value is -1.62. The van der Waals surface area contributed by atoms with Crippen LogP contribution in [0.2, 0.25) is 0 Å². The van der Waals surface area contributed by atoms with E-state index in [9.17, 15) is 4.79 Å². The number of allylic oxidation sites excluding steroid dienone is 1. The Labute approximate surface area is 100 Å². The molecule has 2 rings (SSSR count). The molecule has 1 saturated heterocycles. The van der Waals surface area contributed by atoms with E-state index in [4.69, 9.17) is 4.74 Å². The number of hydrogen-bond donors (Lipinski definition) is 1. The molecule has 92 valence electrons. The minimum atomic E-state index is -0.118. The van der Waals surface area contributed by atoms with Crippen LogP contribution in [0, 0.1) is 0 Å². The number of nitrogens with zero attached hydrogens (tertiary/aromatic N) is 2. The number of carbonyl (C=O) groups excluding carboxylic acids is 1. The van der Waals surface area contributed by atoms with E-state index in [1.165, 1.54) is 0 Å². The highest BCUT2D eigenvalue weighted by Crippen LogP contribution is 2.19. The molecule has 2 heterocycles. The maximum Gasteiger partial charge on any atom is 0.248 e. The number of ether oxygens (including phenoxy) is 1. The van der Waals surface area contributed by atoms with Crippen molar-refractivity contribution in [3.63, 3.8) is 0 Å². The van der Waals surface area contributed by atoms with Crippen LogP contribution in [0.4, 0.5) is 5.69 Å². The van der Waals surface area contributed by atoms with E-state index < -0.39 is 0 Å². The molecule has 0 saturated carbocycles. The third-order valence-corrected chi connectivity index (χ3v) is 2.57. The summed E-state index contributed by atoms with van der Waals surface area (Å²) in [6.45, 7) is 5.25. The number of nitrogens with one attached hydrogen (secondary N) is 1. The smallest absolute Gasteiger partial charge is 0.248 e. The van der Waals surface area contributed by atoms with Gasteiger partial charge in [0.15, 0.2) is 0 Å². The molecule has 1 atom stereocenters. The lowest BCUT2D eigenvalue weighted by Crippen LogP contribution is -2.10. The third kappa shape index (κ3) is 3.17. The summed E-state index contributed by atoms with van der Waals surface area (Å²) in [7, 11) is 0. The van der Waals surface area contributed by atoms with Gasteiger partial charge in [0.05, 0.1) is 24.5 Å². The van der Waals surface area contributed by atoms with Crippen molar-refractivity contribution in [1.29, 1.82) is 0 Å². The lowest BCUT2D eigenvalue weighted by molar-refractivity contribution is -0.111. The first kappa shape index (κ1) is 11.9. The highest BCUT2D eigenvalue weighted by molar-refractivity contribution is 5.99. The molecule has 0 aliphatic carbocycles. The van der Waals surface area contributed by atoms with E-state index in [0.29, 0.717) is 12.6 Å². The molecule has 1 fully saturated rings. The van der Waals surface area contributed by atoms with Gasteiger partial charge in [-0.3, -0.25) is 9.48 Å². The summed E-state index contributed by atoms with van der Waals surface area (Å²) in [4.78, 5) is 11.5. The number of carbonyl (C=O) groups is 1. The van der Waals surface area contributed by atoms with Gasteiger partial charge in [-0.05, 0) is 20.3 Å². The minimum absolute atomic E-state index is 0.118. The van der Waals surface area contributed by atoms with Crippen molar-refractivity contribution in [2.75, 3.05) is 18.5 Å². The van der Waals surface area contributed by atoms with E-state index in [0.717, 1.165) is 24.3 Å². The van der Waals surface area contributed by atoms with Crippen LogP contribution in [0.3, 0.4) is 0 Å². The van der Waals surface area contributed by atoms with Gasteiger partial charge in [0.25, 0.3) is 0 Å². The fraction of sp³-hybridized carbons (Fsp3) is 0.500. The quantitative estimate of drug-likeness (QED) is 0.812. The molecule has 0 spiro atoms. The normalized spacial score (nSPS) is 19.1. The fourth-order valence-corrected chi connectivity index (χ4v) is 1.77. The van der Waals surface area contributed by atoms with Crippen LogP contribution < -0.4 is 5.32 Å². The molecule has 0 bridgehead atoms. The first-order valence-corrected chi connectivity index (χ1v) is 5.73. The van der Waals surface area contributed by atoms with E-state index in [1.54, 1.807) is 12.3 Å². The van der Waals surface area contributed by atoms with Crippen LogP contribution in [0.5, 0.6) is 0 Å². The van der Waals surface area contributed by atoms with Crippen molar-refractivity contribution in [1.82, 2.24) is 9.78 Å². The van der Waals surface area contributed by atoms with E-state index >= 15 is 0 Å². The summed E-state index contributed by atoms with van der Waals surface area (Å²) in [5.74, 6) is -0.118. The molecule has 17 heavy (non-hydrogen) atoms. The molecule has 1 aliphatic rings. The van der Waals surface area contributed by atoms with Gasteiger partial charge >= 0.3 is 0 Å². The Balaban J connectivity index is 1.98. The fourth-order valence-electron chi connectivity index (χ4n) is 1.77. The standard InChI is InChI=1S/C12H17N3O2/c1-9(2)5-12(16)14-10-6-13-15(7-10)11-3-4-17-8-11/h5-7,11H,3-4,8H2,1-2H3,(H,14,16)/t11-/m0/s1. The maximum absolute atomic E-state index is 11.5. The Morgan fingerprint density at radius 1 is 1.65 bits per heavy atom. The molecule has 0 radical (unpaired) electrons. The van der Waals surface area contributed by atoms with Gasteiger partial charge < -0.3 is 10.1 Å². The molecular weight excluding hydrogens is 218 g/mol. The molecule has 0 unspecified atom stereocenters. The molecule has 0 aromatic carbocycles. The van der Waals surface area contributed by atoms with Crippen LogP contribution >= 0.6 is 0 Å². The lowest BCUT2D eigenvalue weighted by atomic mass is 10.3. The zero-order chi connectivity index (χ0) is 12.3. The molecule has 1 aromatic heterocycles. The minimum Gasteiger partial charge on any atom is -0.379 e. The van der Waals surface area contributed by atoms with Crippen molar-refractivity contribution in [3.8, 4) is 0 Å². The van der Waals surface area contributed by atoms with Crippen LogP contribution in [-0.4, -0.2) is 28.9 Å². The molecule has 5 heteroatoms. The average Bonchev–Trinajstić information content (AvgIpc) is 2.84. The number of rotatable bonds is 3. The predicted octanol–water partition coefficient (Wildman–Crippen LogP) is 1.75. The second-order valence-electron chi connectivity index (χ2n) is 4.44. The van der Waals surface area contributed by atoms with E-state index in [-0.39, 0.29) is 5.91 Å².